The van der Waals surface area contributed by atoms with Gasteiger partial charge in [-0.05, 0) is 11.1 Å². The number of benzene rings is 2. The van der Waals surface area contributed by atoms with Gasteiger partial charge in [0.1, 0.15) is 24.6 Å². The summed E-state index contributed by atoms with van der Waals surface area (Å²) in [7, 11) is 0. The van der Waals surface area contributed by atoms with Crippen molar-refractivity contribution < 1.29 is 18.8 Å². The van der Waals surface area contributed by atoms with Crippen LogP contribution in [0.3, 0.4) is 0 Å². The summed E-state index contributed by atoms with van der Waals surface area (Å²) in [6.45, 7) is 0.123. The van der Waals surface area contributed by atoms with Crippen LogP contribution in [-0.4, -0.2) is 23.2 Å². The fourth-order valence-electron chi connectivity index (χ4n) is 2.46. The summed E-state index contributed by atoms with van der Waals surface area (Å²) in [5.41, 5.74) is 2.19. The summed E-state index contributed by atoms with van der Waals surface area (Å²) in [6.07, 6.45) is 2.34. The molecule has 1 aromatic heterocycles. The normalized spacial score (nSPS) is 11.4. The molecule has 0 aliphatic heterocycles. The number of hydrogen-bond donors (Lipinski definition) is 2. The number of amides is 2. The summed E-state index contributed by atoms with van der Waals surface area (Å²) >= 11 is 0. The lowest BCUT2D eigenvalue weighted by molar-refractivity contribution is -0.118. The molecule has 0 aliphatic rings. The average Bonchev–Trinajstić information content (AvgIpc) is 3.20. The molecule has 27 heavy (non-hydrogen) atoms. The van der Waals surface area contributed by atoms with Crippen molar-refractivity contribution in [2.45, 2.75) is 19.1 Å². The Bertz CT molecular complexity index is 851. The summed E-state index contributed by atoms with van der Waals surface area (Å²) in [5.74, 6) is -0.390. The van der Waals surface area contributed by atoms with Gasteiger partial charge in [-0.15, -0.1) is 0 Å². The molecule has 0 bridgehead atoms. The number of carbonyl (C=O) groups excluding carboxylic acids is 2. The Hall–Kier alpha value is -3.61. The van der Waals surface area contributed by atoms with E-state index in [0.717, 1.165) is 11.1 Å². The maximum Gasteiger partial charge on any atom is 0.408 e. The Balaban J connectivity index is 1.63. The van der Waals surface area contributed by atoms with Crippen molar-refractivity contribution in [1.29, 1.82) is 0 Å². The number of rotatable bonds is 7. The van der Waals surface area contributed by atoms with E-state index < -0.39 is 18.0 Å². The van der Waals surface area contributed by atoms with Crippen molar-refractivity contribution in [2.24, 2.45) is 0 Å². The molecule has 0 radical (unpaired) electrons. The van der Waals surface area contributed by atoms with Gasteiger partial charge in [-0.2, -0.15) is 0 Å². The SMILES string of the molecule is O=C(NC(Cc1ccccc1)C(=O)Nc1cnoc1)OCc1ccccc1. The van der Waals surface area contributed by atoms with Crippen LogP contribution in [0.15, 0.2) is 77.6 Å². The van der Waals surface area contributed by atoms with Gasteiger partial charge in [-0.1, -0.05) is 65.8 Å². The van der Waals surface area contributed by atoms with Gasteiger partial charge in [0.2, 0.25) is 5.91 Å². The van der Waals surface area contributed by atoms with Crippen LogP contribution >= 0.6 is 0 Å². The van der Waals surface area contributed by atoms with Crippen molar-refractivity contribution in [3.05, 3.63) is 84.3 Å². The van der Waals surface area contributed by atoms with Gasteiger partial charge in [0.25, 0.3) is 0 Å². The highest BCUT2D eigenvalue weighted by atomic mass is 16.5. The monoisotopic (exact) mass is 365 g/mol. The van der Waals surface area contributed by atoms with Gasteiger partial charge in [0.15, 0.2) is 0 Å². The summed E-state index contributed by atoms with van der Waals surface area (Å²) in [5, 5.41) is 8.82. The van der Waals surface area contributed by atoms with Crippen molar-refractivity contribution in [3.8, 4) is 0 Å². The van der Waals surface area contributed by atoms with Crippen LogP contribution in [0.5, 0.6) is 0 Å². The molecule has 0 saturated carbocycles. The fourth-order valence-corrected chi connectivity index (χ4v) is 2.46. The van der Waals surface area contributed by atoms with Crippen LogP contribution in [-0.2, 0) is 22.6 Å². The molecule has 1 atom stereocenters. The molecule has 0 fully saturated rings. The Morgan fingerprint density at radius 3 is 2.30 bits per heavy atom. The highest BCUT2D eigenvalue weighted by Gasteiger charge is 2.22. The zero-order chi connectivity index (χ0) is 18.9. The van der Waals surface area contributed by atoms with E-state index in [-0.39, 0.29) is 6.61 Å². The van der Waals surface area contributed by atoms with Gasteiger partial charge >= 0.3 is 6.09 Å². The van der Waals surface area contributed by atoms with Crippen LogP contribution in [0.1, 0.15) is 11.1 Å². The first kappa shape index (κ1) is 18.2. The zero-order valence-corrected chi connectivity index (χ0v) is 14.5. The van der Waals surface area contributed by atoms with Crippen molar-refractivity contribution in [1.82, 2.24) is 10.5 Å². The summed E-state index contributed by atoms with van der Waals surface area (Å²) in [4.78, 5) is 24.8. The van der Waals surface area contributed by atoms with E-state index in [2.05, 4.69) is 15.8 Å². The first-order valence-corrected chi connectivity index (χ1v) is 8.42. The molecule has 2 aromatic carbocycles. The van der Waals surface area contributed by atoms with Crippen LogP contribution in [0.4, 0.5) is 10.5 Å². The Labute approximate surface area is 156 Å². The van der Waals surface area contributed by atoms with E-state index in [9.17, 15) is 9.59 Å². The van der Waals surface area contributed by atoms with Crippen molar-refractivity contribution >= 4 is 17.7 Å². The molecule has 1 heterocycles. The molecule has 3 aromatic rings. The quantitative estimate of drug-likeness (QED) is 0.671. The molecule has 138 valence electrons. The molecule has 1 unspecified atom stereocenters. The number of nitrogens with one attached hydrogen (secondary N) is 2. The second kappa shape index (κ2) is 9.19. The van der Waals surface area contributed by atoms with Gasteiger partial charge in [-0.3, -0.25) is 4.79 Å². The lowest BCUT2D eigenvalue weighted by atomic mass is 10.1. The van der Waals surface area contributed by atoms with Crippen LogP contribution in [0, 0.1) is 0 Å². The van der Waals surface area contributed by atoms with E-state index in [1.807, 2.05) is 60.7 Å². The average molecular weight is 365 g/mol. The third-order valence-corrected chi connectivity index (χ3v) is 3.80. The van der Waals surface area contributed by atoms with Crippen molar-refractivity contribution in [3.63, 3.8) is 0 Å². The van der Waals surface area contributed by atoms with E-state index in [0.29, 0.717) is 12.1 Å². The van der Waals surface area contributed by atoms with E-state index in [1.54, 1.807) is 0 Å². The largest absolute Gasteiger partial charge is 0.445 e. The molecule has 2 amide bonds. The fraction of sp³-hybridized carbons (Fsp3) is 0.150. The minimum atomic E-state index is -0.814. The minimum absolute atomic E-state index is 0.123. The molecule has 0 aliphatic carbocycles. The van der Waals surface area contributed by atoms with Gasteiger partial charge < -0.3 is 19.9 Å². The van der Waals surface area contributed by atoms with E-state index in [4.69, 9.17) is 9.26 Å². The van der Waals surface area contributed by atoms with Crippen LogP contribution in [0.25, 0.3) is 0 Å². The predicted molar refractivity (Wildman–Crippen MR) is 98.8 cm³/mol. The minimum Gasteiger partial charge on any atom is -0.445 e. The second-order valence-corrected chi connectivity index (χ2v) is 5.85. The van der Waals surface area contributed by atoms with E-state index in [1.165, 1.54) is 12.5 Å². The molecule has 0 saturated heterocycles. The lowest BCUT2D eigenvalue weighted by Crippen LogP contribution is -2.45. The molecule has 7 heteroatoms. The number of carbonyl (C=O) groups is 2. The first-order chi connectivity index (χ1) is 13.2. The molecular weight excluding hydrogens is 346 g/mol. The Morgan fingerprint density at radius 2 is 1.67 bits per heavy atom. The highest BCUT2D eigenvalue weighted by molar-refractivity contribution is 5.96. The third kappa shape index (κ3) is 5.71. The topological polar surface area (TPSA) is 93.5 Å². The second-order valence-electron chi connectivity index (χ2n) is 5.85. The lowest BCUT2D eigenvalue weighted by Gasteiger charge is -2.18. The van der Waals surface area contributed by atoms with Crippen LogP contribution in [0.2, 0.25) is 0 Å². The molecule has 7 nitrogen and oxygen atoms in total. The number of aromatic nitrogens is 1. The third-order valence-electron chi connectivity index (χ3n) is 3.80. The molecule has 3 rings (SSSR count). The molecule has 2 N–H and O–H groups in total. The number of anilines is 1. The van der Waals surface area contributed by atoms with Crippen molar-refractivity contribution in [2.75, 3.05) is 5.32 Å². The molecular formula is C20H19N3O4. The summed E-state index contributed by atoms with van der Waals surface area (Å²) in [6, 6.07) is 17.9. The van der Waals surface area contributed by atoms with Gasteiger partial charge in [0.05, 0.1) is 6.20 Å². The smallest absolute Gasteiger partial charge is 0.408 e. The maximum atomic E-state index is 12.6. The van der Waals surface area contributed by atoms with Crippen LogP contribution < -0.4 is 10.6 Å². The predicted octanol–water partition coefficient (Wildman–Crippen LogP) is 3.15. The number of hydrogen-bond acceptors (Lipinski definition) is 5. The maximum absolute atomic E-state index is 12.6. The highest BCUT2D eigenvalue weighted by Crippen LogP contribution is 2.09. The standard InChI is InChI=1S/C20H19N3O4/c24-19(22-17-12-21-27-14-17)18(11-15-7-3-1-4-8-15)23-20(25)26-13-16-9-5-2-6-10-16/h1-10,12,14,18H,11,13H2,(H,22,24)(H,23,25). The number of ether oxygens (including phenoxy) is 1. The number of nitrogens with zero attached hydrogens (tertiary/aromatic N) is 1. The first-order valence-electron chi connectivity index (χ1n) is 8.42. The Morgan fingerprint density at radius 1 is 1.00 bits per heavy atom. The Kier molecular flexibility index (Phi) is 6.19. The molecule has 0 spiro atoms. The van der Waals surface area contributed by atoms with Gasteiger partial charge in [-0.25, -0.2) is 4.79 Å². The zero-order valence-electron chi connectivity index (χ0n) is 14.5. The summed E-state index contributed by atoms with van der Waals surface area (Å²) < 4.78 is 9.93. The van der Waals surface area contributed by atoms with E-state index >= 15 is 0 Å². The van der Waals surface area contributed by atoms with Gasteiger partial charge in [0, 0.05) is 6.42 Å². The number of alkyl carbamates (subject to hydrolysis) is 1.